The Labute approximate surface area is 198 Å². The van der Waals surface area contributed by atoms with E-state index in [1.54, 1.807) is 25.6 Å². The van der Waals surface area contributed by atoms with Crippen LogP contribution in [-0.2, 0) is 11.2 Å². The molecule has 8 nitrogen and oxygen atoms in total. The van der Waals surface area contributed by atoms with E-state index in [4.69, 9.17) is 9.47 Å². The number of hydrogen-bond acceptors (Lipinski definition) is 6. The molecule has 1 fully saturated rings. The fourth-order valence-electron chi connectivity index (χ4n) is 4.37. The van der Waals surface area contributed by atoms with E-state index < -0.39 is 0 Å². The van der Waals surface area contributed by atoms with Crippen LogP contribution in [0.15, 0.2) is 73.2 Å². The van der Waals surface area contributed by atoms with Crippen LogP contribution in [0.1, 0.15) is 15.9 Å². The minimum atomic E-state index is -0.0587. The summed E-state index contributed by atoms with van der Waals surface area (Å²) in [6.07, 6.45) is 6.23. The first kappa shape index (κ1) is 21.9. The van der Waals surface area contributed by atoms with Crippen molar-refractivity contribution in [1.29, 1.82) is 0 Å². The standard InChI is InChI=1S/C26H27N5O3/c1-33-22-7-2-6-21(16-22)29-25-23(8-3-10-27-25)26(32)30-13-14-34-18-19(17-30)15-20-5-4-12-31-24(20)9-11-28-31/h2-12,16,19H,13-15,17-18H2,1H3,(H,27,29). The van der Waals surface area contributed by atoms with E-state index in [2.05, 4.69) is 21.5 Å². The second kappa shape index (κ2) is 9.93. The number of nitrogens with zero attached hydrogens (tertiary/aromatic N) is 4. The van der Waals surface area contributed by atoms with E-state index in [0.29, 0.717) is 37.7 Å². The zero-order valence-electron chi connectivity index (χ0n) is 19.1. The highest BCUT2D eigenvalue weighted by Gasteiger charge is 2.26. The van der Waals surface area contributed by atoms with Crippen molar-refractivity contribution in [3.05, 3.63) is 84.3 Å². The van der Waals surface area contributed by atoms with Gasteiger partial charge >= 0.3 is 0 Å². The number of rotatable bonds is 6. The molecule has 3 aromatic heterocycles. The molecule has 1 saturated heterocycles. The molecule has 0 saturated carbocycles. The topological polar surface area (TPSA) is 81.0 Å². The largest absolute Gasteiger partial charge is 0.497 e. The monoisotopic (exact) mass is 457 g/mol. The van der Waals surface area contributed by atoms with E-state index in [1.807, 2.05) is 58.1 Å². The lowest BCUT2D eigenvalue weighted by Crippen LogP contribution is -2.36. The molecular formula is C26H27N5O3. The molecule has 0 bridgehead atoms. The average molecular weight is 458 g/mol. The smallest absolute Gasteiger partial charge is 0.257 e. The first-order valence-electron chi connectivity index (χ1n) is 11.4. The summed E-state index contributed by atoms with van der Waals surface area (Å²) in [5.41, 5.74) is 3.62. The highest BCUT2D eigenvalue weighted by Crippen LogP contribution is 2.25. The molecule has 8 heteroatoms. The number of methoxy groups -OCH3 is 1. The Morgan fingerprint density at radius 2 is 2.12 bits per heavy atom. The van der Waals surface area contributed by atoms with Gasteiger partial charge in [-0.05, 0) is 48.4 Å². The van der Waals surface area contributed by atoms with Gasteiger partial charge in [-0.2, -0.15) is 5.10 Å². The van der Waals surface area contributed by atoms with Crippen LogP contribution >= 0.6 is 0 Å². The van der Waals surface area contributed by atoms with Crippen LogP contribution in [0.3, 0.4) is 0 Å². The molecule has 1 aliphatic heterocycles. The Hall–Kier alpha value is -3.91. The van der Waals surface area contributed by atoms with Crippen molar-refractivity contribution in [2.75, 3.05) is 38.7 Å². The van der Waals surface area contributed by atoms with Gasteiger partial charge in [0.05, 0.1) is 31.4 Å². The Morgan fingerprint density at radius 3 is 3.03 bits per heavy atom. The minimum absolute atomic E-state index is 0.0587. The molecule has 1 aliphatic rings. The molecule has 1 amide bonds. The van der Waals surface area contributed by atoms with Gasteiger partial charge < -0.3 is 19.7 Å². The number of hydrogen-bond donors (Lipinski definition) is 1. The number of carbonyl (C=O) groups is 1. The van der Waals surface area contributed by atoms with Crippen molar-refractivity contribution >= 4 is 22.9 Å². The molecule has 5 rings (SSSR count). The maximum absolute atomic E-state index is 13.6. The van der Waals surface area contributed by atoms with Crippen molar-refractivity contribution < 1.29 is 14.3 Å². The lowest BCUT2D eigenvalue weighted by molar-refractivity contribution is 0.0738. The van der Waals surface area contributed by atoms with Crippen LogP contribution in [0.2, 0.25) is 0 Å². The second-order valence-electron chi connectivity index (χ2n) is 8.35. The van der Waals surface area contributed by atoms with E-state index in [-0.39, 0.29) is 11.8 Å². The molecule has 0 radical (unpaired) electrons. The summed E-state index contributed by atoms with van der Waals surface area (Å²) in [6.45, 7) is 2.28. The Bertz CT molecular complexity index is 1290. The van der Waals surface area contributed by atoms with Gasteiger partial charge in [0, 0.05) is 49.4 Å². The van der Waals surface area contributed by atoms with Crippen molar-refractivity contribution in [1.82, 2.24) is 19.5 Å². The summed E-state index contributed by atoms with van der Waals surface area (Å²) in [5.74, 6) is 1.37. The molecule has 1 unspecified atom stereocenters. The van der Waals surface area contributed by atoms with Crippen molar-refractivity contribution in [3.63, 3.8) is 0 Å². The summed E-state index contributed by atoms with van der Waals surface area (Å²) >= 11 is 0. The van der Waals surface area contributed by atoms with Gasteiger partial charge in [0.25, 0.3) is 5.91 Å². The van der Waals surface area contributed by atoms with Crippen molar-refractivity contribution in [2.45, 2.75) is 6.42 Å². The number of benzene rings is 1. The van der Waals surface area contributed by atoms with Gasteiger partial charge in [0.1, 0.15) is 11.6 Å². The van der Waals surface area contributed by atoms with Crippen LogP contribution in [0.25, 0.3) is 5.52 Å². The molecule has 4 aromatic rings. The summed E-state index contributed by atoms with van der Waals surface area (Å²) < 4.78 is 13.1. The van der Waals surface area contributed by atoms with E-state index in [9.17, 15) is 4.79 Å². The highest BCUT2D eigenvalue weighted by atomic mass is 16.5. The van der Waals surface area contributed by atoms with Gasteiger partial charge in [-0.3, -0.25) is 4.79 Å². The van der Waals surface area contributed by atoms with Crippen LogP contribution in [-0.4, -0.2) is 58.8 Å². The summed E-state index contributed by atoms with van der Waals surface area (Å²) in [4.78, 5) is 19.9. The predicted molar refractivity (Wildman–Crippen MR) is 130 cm³/mol. The maximum Gasteiger partial charge on any atom is 0.257 e. The average Bonchev–Trinajstić information content (AvgIpc) is 3.24. The lowest BCUT2D eigenvalue weighted by atomic mass is 9.99. The number of pyridine rings is 2. The number of nitrogens with one attached hydrogen (secondary N) is 1. The summed E-state index contributed by atoms with van der Waals surface area (Å²) in [6, 6.07) is 17.3. The van der Waals surface area contributed by atoms with Crippen LogP contribution in [0.5, 0.6) is 5.75 Å². The van der Waals surface area contributed by atoms with E-state index in [1.165, 1.54) is 5.56 Å². The molecule has 174 valence electrons. The quantitative estimate of drug-likeness (QED) is 0.474. The molecule has 34 heavy (non-hydrogen) atoms. The first-order chi connectivity index (χ1) is 16.7. The fraction of sp³-hybridized carbons (Fsp3) is 0.269. The van der Waals surface area contributed by atoms with Gasteiger partial charge in [-0.15, -0.1) is 0 Å². The second-order valence-corrected chi connectivity index (χ2v) is 8.35. The Balaban J connectivity index is 1.35. The molecule has 1 aromatic carbocycles. The molecule has 1 N–H and O–H groups in total. The first-order valence-corrected chi connectivity index (χ1v) is 11.4. The van der Waals surface area contributed by atoms with Gasteiger partial charge in [-0.25, -0.2) is 9.50 Å². The van der Waals surface area contributed by atoms with Crippen LogP contribution < -0.4 is 10.1 Å². The Kier molecular flexibility index (Phi) is 6.40. The highest BCUT2D eigenvalue weighted by molar-refractivity contribution is 5.99. The number of fused-ring (bicyclic) bond motifs is 1. The zero-order valence-corrected chi connectivity index (χ0v) is 19.1. The number of anilines is 2. The lowest BCUT2D eigenvalue weighted by Gasteiger charge is -2.25. The third-order valence-corrected chi connectivity index (χ3v) is 6.03. The van der Waals surface area contributed by atoms with Crippen LogP contribution in [0, 0.1) is 5.92 Å². The fourth-order valence-corrected chi connectivity index (χ4v) is 4.37. The third kappa shape index (κ3) is 4.72. The van der Waals surface area contributed by atoms with Crippen molar-refractivity contribution in [2.24, 2.45) is 5.92 Å². The van der Waals surface area contributed by atoms with Gasteiger partial charge in [-0.1, -0.05) is 12.1 Å². The van der Waals surface area contributed by atoms with E-state index in [0.717, 1.165) is 23.4 Å². The van der Waals surface area contributed by atoms with Gasteiger partial charge in [0.2, 0.25) is 0 Å². The molecule has 4 heterocycles. The maximum atomic E-state index is 13.6. The number of aromatic nitrogens is 3. The molecule has 1 atom stereocenters. The normalized spacial score (nSPS) is 16.3. The molecular weight excluding hydrogens is 430 g/mol. The minimum Gasteiger partial charge on any atom is -0.497 e. The summed E-state index contributed by atoms with van der Waals surface area (Å²) in [7, 11) is 1.63. The SMILES string of the molecule is COc1cccc(Nc2ncccc2C(=O)N2CCOCC(Cc3cccn4nccc34)C2)c1. The van der Waals surface area contributed by atoms with Crippen molar-refractivity contribution in [3.8, 4) is 5.75 Å². The number of carbonyl (C=O) groups excluding carboxylic acids is 1. The molecule has 0 aliphatic carbocycles. The van der Waals surface area contributed by atoms with Crippen LogP contribution in [0.4, 0.5) is 11.5 Å². The van der Waals surface area contributed by atoms with E-state index >= 15 is 0 Å². The predicted octanol–water partition coefficient (Wildman–Crippen LogP) is 3.81. The van der Waals surface area contributed by atoms with Gasteiger partial charge in [0.15, 0.2) is 0 Å². The Morgan fingerprint density at radius 1 is 1.18 bits per heavy atom. The summed E-state index contributed by atoms with van der Waals surface area (Å²) in [5, 5.41) is 7.60. The number of ether oxygens (including phenoxy) is 2. The molecule has 0 spiro atoms. The third-order valence-electron chi connectivity index (χ3n) is 6.03. The zero-order chi connectivity index (χ0) is 23.3. The number of amides is 1.